The standard InChI is InChI=1S/C13H18N4S2/c1-17(2)12-15-16-13(19-12)18-11(8-9-14)10-6-4-3-5-7-10/h3-7,11H,8-9,14H2,1-2H3. The summed E-state index contributed by atoms with van der Waals surface area (Å²) in [6, 6.07) is 10.4. The Morgan fingerprint density at radius 3 is 2.58 bits per heavy atom. The minimum atomic E-state index is 0.342. The molecule has 0 saturated carbocycles. The van der Waals surface area contributed by atoms with Gasteiger partial charge in [0, 0.05) is 19.3 Å². The Balaban J connectivity index is 2.12. The minimum absolute atomic E-state index is 0.342. The molecule has 1 aromatic carbocycles. The first-order chi connectivity index (χ1) is 9.20. The van der Waals surface area contributed by atoms with Gasteiger partial charge in [0.25, 0.3) is 0 Å². The van der Waals surface area contributed by atoms with E-state index in [-0.39, 0.29) is 0 Å². The summed E-state index contributed by atoms with van der Waals surface area (Å²) in [5, 5.41) is 9.67. The van der Waals surface area contributed by atoms with Gasteiger partial charge in [0.1, 0.15) is 0 Å². The topological polar surface area (TPSA) is 55.0 Å². The molecule has 102 valence electrons. The number of nitrogens with two attached hydrogens (primary N) is 1. The number of thioether (sulfide) groups is 1. The first-order valence-electron chi connectivity index (χ1n) is 6.13. The van der Waals surface area contributed by atoms with E-state index in [2.05, 4.69) is 34.5 Å². The largest absolute Gasteiger partial charge is 0.353 e. The van der Waals surface area contributed by atoms with Gasteiger partial charge in [0.15, 0.2) is 4.34 Å². The molecular formula is C13H18N4S2. The highest BCUT2D eigenvalue weighted by atomic mass is 32.2. The molecule has 0 amide bonds. The van der Waals surface area contributed by atoms with E-state index >= 15 is 0 Å². The molecule has 2 rings (SSSR count). The van der Waals surface area contributed by atoms with Gasteiger partial charge in [-0.2, -0.15) is 0 Å². The highest BCUT2D eigenvalue weighted by Crippen LogP contribution is 2.39. The first kappa shape index (κ1) is 14.3. The zero-order valence-corrected chi connectivity index (χ0v) is 12.7. The first-order valence-corrected chi connectivity index (χ1v) is 7.83. The highest BCUT2D eigenvalue weighted by molar-refractivity contribution is 8.01. The summed E-state index contributed by atoms with van der Waals surface area (Å²) < 4.78 is 0.992. The molecule has 1 aromatic heterocycles. The molecule has 2 N–H and O–H groups in total. The summed E-state index contributed by atoms with van der Waals surface area (Å²) in [5.41, 5.74) is 7.01. The van der Waals surface area contributed by atoms with Gasteiger partial charge in [-0.05, 0) is 18.5 Å². The molecule has 0 aliphatic carbocycles. The lowest BCUT2D eigenvalue weighted by atomic mass is 10.1. The maximum absolute atomic E-state index is 5.72. The minimum Gasteiger partial charge on any atom is -0.353 e. The van der Waals surface area contributed by atoms with Crippen LogP contribution in [-0.4, -0.2) is 30.8 Å². The number of hydrogen-bond acceptors (Lipinski definition) is 6. The quantitative estimate of drug-likeness (QED) is 0.830. The second-order valence-corrected chi connectivity index (χ2v) is 6.75. The molecule has 6 heteroatoms. The van der Waals surface area contributed by atoms with Crippen LogP contribution in [0, 0.1) is 0 Å². The maximum atomic E-state index is 5.72. The summed E-state index contributed by atoms with van der Waals surface area (Å²) in [7, 11) is 3.95. The van der Waals surface area contributed by atoms with Gasteiger partial charge in [0.2, 0.25) is 5.13 Å². The van der Waals surface area contributed by atoms with Crippen molar-refractivity contribution >= 4 is 28.2 Å². The van der Waals surface area contributed by atoms with Crippen LogP contribution >= 0.6 is 23.1 Å². The van der Waals surface area contributed by atoms with Crippen molar-refractivity contribution in [3.8, 4) is 0 Å². The molecule has 0 fully saturated rings. The van der Waals surface area contributed by atoms with Crippen molar-refractivity contribution in [1.82, 2.24) is 10.2 Å². The molecular weight excluding hydrogens is 276 g/mol. The van der Waals surface area contributed by atoms with E-state index < -0.39 is 0 Å². The van der Waals surface area contributed by atoms with E-state index in [1.807, 2.05) is 25.1 Å². The molecule has 0 radical (unpaired) electrons. The summed E-state index contributed by atoms with van der Waals surface area (Å²) in [6.07, 6.45) is 0.936. The molecule has 4 nitrogen and oxygen atoms in total. The third-order valence-corrected chi connectivity index (χ3v) is 5.12. The fourth-order valence-electron chi connectivity index (χ4n) is 1.67. The van der Waals surface area contributed by atoms with E-state index in [1.54, 1.807) is 23.1 Å². The van der Waals surface area contributed by atoms with Crippen LogP contribution in [0.1, 0.15) is 17.2 Å². The van der Waals surface area contributed by atoms with Gasteiger partial charge >= 0.3 is 0 Å². The molecule has 1 unspecified atom stereocenters. The van der Waals surface area contributed by atoms with E-state index in [9.17, 15) is 0 Å². The SMILES string of the molecule is CN(C)c1nnc(SC(CCN)c2ccccc2)s1. The number of rotatable bonds is 6. The lowest BCUT2D eigenvalue weighted by Crippen LogP contribution is -2.07. The summed E-state index contributed by atoms with van der Waals surface area (Å²) in [5.74, 6) is 0. The Bertz CT molecular complexity index is 498. The average Bonchev–Trinajstić information content (AvgIpc) is 2.88. The molecule has 0 aliphatic heterocycles. The maximum Gasteiger partial charge on any atom is 0.208 e. The van der Waals surface area contributed by atoms with Crippen molar-refractivity contribution in [1.29, 1.82) is 0 Å². The average molecular weight is 294 g/mol. The van der Waals surface area contributed by atoms with Crippen molar-refractivity contribution < 1.29 is 0 Å². The van der Waals surface area contributed by atoms with Crippen molar-refractivity contribution in [2.24, 2.45) is 5.73 Å². The van der Waals surface area contributed by atoms with Crippen LogP contribution in [0.5, 0.6) is 0 Å². The lowest BCUT2D eigenvalue weighted by Gasteiger charge is -2.14. The van der Waals surface area contributed by atoms with Crippen LogP contribution in [0.4, 0.5) is 5.13 Å². The van der Waals surface area contributed by atoms with Gasteiger partial charge in [0.05, 0.1) is 0 Å². The van der Waals surface area contributed by atoms with Crippen molar-refractivity contribution in [2.45, 2.75) is 16.0 Å². The summed E-state index contributed by atoms with van der Waals surface area (Å²) in [6.45, 7) is 0.673. The molecule has 1 atom stereocenters. The number of benzene rings is 1. The number of nitrogens with zero attached hydrogens (tertiary/aromatic N) is 3. The van der Waals surface area contributed by atoms with E-state index in [0.717, 1.165) is 15.9 Å². The summed E-state index contributed by atoms with van der Waals surface area (Å²) >= 11 is 3.36. The summed E-state index contributed by atoms with van der Waals surface area (Å²) in [4.78, 5) is 1.97. The van der Waals surface area contributed by atoms with Crippen LogP contribution in [0.25, 0.3) is 0 Å². The zero-order chi connectivity index (χ0) is 13.7. The van der Waals surface area contributed by atoms with Gasteiger partial charge in [-0.1, -0.05) is 53.4 Å². The third-order valence-electron chi connectivity index (χ3n) is 2.62. The van der Waals surface area contributed by atoms with Gasteiger partial charge in [-0.3, -0.25) is 0 Å². The Labute approximate surface area is 122 Å². The van der Waals surface area contributed by atoms with Gasteiger partial charge in [-0.15, -0.1) is 10.2 Å². The number of anilines is 1. The van der Waals surface area contributed by atoms with E-state index in [1.165, 1.54) is 5.56 Å². The Hall–Kier alpha value is -1.11. The highest BCUT2D eigenvalue weighted by Gasteiger charge is 2.15. The number of aromatic nitrogens is 2. The van der Waals surface area contributed by atoms with Crippen molar-refractivity contribution in [3.05, 3.63) is 35.9 Å². The van der Waals surface area contributed by atoms with E-state index in [4.69, 9.17) is 5.73 Å². The Kier molecular flexibility index (Phi) is 5.18. The van der Waals surface area contributed by atoms with Crippen molar-refractivity contribution in [2.75, 3.05) is 25.5 Å². The molecule has 0 saturated heterocycles. The molecule has 0 spiro atoms. The molecule has 1 heterocycles. The second-order valence-electron chi connectivity index (χ2n) is 4.34. The van der Waals surface area contributed by atoms with Crippen LogP contribution in [0.3, 0.4) is 0 Å². The van der Waals surface area contributed by atoms with E-state index in [0.29, 0.717) is 11.8 Å². The zero-order valence-electron chi connectivity index (χ0n) is 11.1. The fraction of sp³-hybridized carbons (Fsp3) is 0.385. The Morgan fingerprint density at radius 1 is 1.26 bits per heavy atom. The normalized spacial score (nSPS) is 12.4. The molecule has 0 bridgehead atoms. The molecule has 2 aromatic rings. The van der Waals surface area contributed by atoms with Crippen molar-refractivity contribution in [3.63, 3.8) is 0 Å². The smallest absolute Gasteiger partial charge is 0.208 e. The Morgan fingerprint density at radius 2 is 2.00 bits per heavy atom. The predicted molar refractivity (Wildman–Crippen MR) is 82.9 cm³/mol. The fourth-order valence-corrected chi connectivity index (χ4v) is 3.81. The number of hydrogen-bond donors (Lipinski definition) is 1. The molecule has 19 heavy (non-hydrogen) atoms. The van der Waals surface area contributed by atoms with Gasteiger partial charge < -0.3 is 10.6 Å². The van der Waals surface area contributed by atoms with Gasteiger partial charge in [-0.25, -0.2) is 0 Å². The predicted octanol–water partition coefficient (Wildman–Crippen LogP) is 2.79. The van der Waals surface area contributed by atoms with Crippen LogP contribution in [0.2, 0.25) is 0 Å². The third kappa shape index (κ3) is 3.92. The van der Waals surface area contributed by atoms with Crippen LogP contribution in [0.15, 0.2) is 34.7 Å². The second kappa shape index (κ2) is 6.88. The van der Waals surface area contributed by atoms with Crippen LogP contribution < -0.4 is 10.6 Å². The van der Waals surface area contributed by atoms with Crippen LogP contribution in [-0.2, 0) is 0 Å². The molecule has 0 aliphatic rings. The lowest BCUT2D eigenvalue weighted by molar-refractivity contribution is 0.812. The monoisotopic (exact) mass is 294 g/mol.